The summed E-state index contributed by atoms with van der Waals surface area (Å²) in [5.74, 6) is -0.0579. The lowest BCUT2D eigenvalue weighted by molar-refractivity contribution is -0.384. The van der Waals surface area contributed by atoms with Crippen molar-refractivity contribution in [1.82, 2.24) is 10.6 Å². The lowest BCUT2D eigenvalue weighted by Crippen LogP contribution is -2.42. The third kappa shape index (κ3) is 17.3. The third-order valence-electron chi connectivity index (χ3n) is 9.10. The molecule has 14 heteroatoms. The van der Waals surface area contributed by atoms with Crippen molar-refractivity contribution in [3.63, 3.8) is 0 Å². The summed E-state index contributed by atoms with van der Waals surface area (Å²) in [5.41, 5.74) is 3.05. The lowest BCUT2D eigenvalue weighted by atomic mass is 9.96. The first kappa shape index (κ1) is 46.7. The number of hydrogen-bond acceptors (Lipinski definition) is 10. The zero-order chi connectivity index (χ0) is 43.2. The monoisotopic (exact) mass is 782 g/mol. The largest absolute Gasteiger partial charge is 0.514 e. The highest BCUT2D eigenvalue weighted by atomic mass is 19.1. The van der Waals surface area contributed by atoms with E-state index in [2.05, 4.69) is 10.6 Å². The number of hydrogen-bond donors (Lipinski definition) is 3. The van der Waals surface area contributed by atoms with Crippen LogP contribution in [0.5, 0.6) is 5.75 Å². The van der Waals surface area contributed by atoms with Crippen LogP contribution in [0.4, 0.5) is 14.9 Å². The van der Waals surface area contributed by atoms with Gasteiger partial charge in [0, 0.05) is 36.8 Å². The molecule has 306 valence electrons. The van der Waals surface area contributed by atoms with Crippen LogP contribution in [0.25, 0.3) is 0 Å². The third-order valence-corrected chi connectivity index (χ3v) is 9.10. The number of rotatable bonds is 17. The number of aliphatic hydroxyl groups is 1. The molecule has 0 unspecified atom stereocenters. The van der Waals surface area contributed by atoms with Crippen molar-refractivity contribution >= 4 is 35.2 Å². The molecule has 0 spiro atoms. The molecule has 0 aromatic heterocycles. The van der Waals surface area contributed by atoms with Gasteiger partial charge in [-0.3, -0.25) is 33.7 Å². The van der Waals surface area contributed by atoms with Gasteiger partial charge >= 0.3 is 6.16 Å². The number of Topliss-reactive ketones (excluding diaryl/α,β-unsaturated/α-hetero) is 2. The van der Waals surface area contributed by atoms with Crippen LogP contribution in [-0.4, -0.2) is 58.8 Å². The van der Waals surface area contributed by atoms with E-state index in [0.29, 0.717) is 5.56 Å². The fourth-order valence-corrected chi connectivity index (χ4v) is 4.58. The maximum atomic E-state index is 12.4. The van der Waals surface area contributed by atoms with Crippen molar-refractivity contribution in [2.24, 2.45) is 23.7 Å². The van der Waals surface area contributed by atoms with Crippen molar-refractivity contribution in [1.29, 1.82) is 0 Å². The molecule has 3 aromatic rings. The predicted molar refractivity (Wildman–Crippen MR) is 210 cm³/mol. The quantitative estimate of drug-likeness (QED) is 0.0562. The highest BCUT2D eigenvalue weighted by Gasteiger charge is 2.23. The number of alkyl halides is 1. The highest BCUT2D eigenvalue weighted by molar-refractivity contribution is 5.91. The number of halogens is 1. The predicted octanol–water partition coefficient (Wildman–Crippen LogP) is 6.89. The maximum Gasteiger partial charge on any atom is 0.514 e. The average molecular weight is 783 g/mol. The van der Waals surface area contributed by atoms with Crippen molar-refractivity contribution in [2.45, 2.75) is 93.5 Å². The Morgan fingerprint density at radius 3 is 1.43 bits per heavy atom. The Bertz CT molecular complexity index is 1740. The van der Waals surface area contributed by atoms with Crippen molar-refractivity contribution in [3.8, 4) is 5.75 Å². The van der Waals surface area contributed by atoms with Crippen molar-refractivity contribution in [2.75, 3.05) is 7.15 Å². The van der Waals surface area contributed by atoms with Crippen LogP contribution in [-0.2, 0) is 50.0 Å². The average Bonchev–Trinajstić information content (AvgIpc) is 3.17. The molecule has 0 bridgehead atoms. The summed E-state index contributed by atoms with van der Waals surface area (Å²) in [5, 5.41) is 25.2. The molecule has 3 N–H and O–H groups in total. The van der Waals surface area contributed by atoms with E-state index in [1.54, 1.807) is 50.2 Å². The number of benzene rings is 3. The first-order chi connectivity index (χ1) is 26.8. The number of nitro benzene ring substituents is 1. The summed E-state index contributed by atoms with van der Waals surface area (Å²) in [4.78, 5) is 70.5. The maximum absolute atomic E-state index is 12.4. The van der Waals surface area contributed by atoms with Crippen molar-refractivity contribution in [3.05, 3.63) is 105 Å². The highest BCUT2D eigenvalue weighted by Crippen LogP contribution is 2.18. The van der Waals surface area contributed by atoms with Gasteiger partial charge in [-0.25, -0.2) is 4.79 Å². The smallest absolute Gasteiger partial charge is 0.429 e. The molecule has 0 saturated carbocycles. The number of carbonyl (C=O) groups is 5. The Morgan fingerprint density at radius 1 is 0.696 bits per heavy atom. The van der Waals surface area contributed by atoms with Gasteiger partial charge < -0.3 is 25.2 Å². The molecular weight excluding hydrogens is 725 g/mol. The van der Waals surface area contributed by atoms with E-state index in [9.17, 15) is 38.5 Å². The Balaban J connectivity index is 0.000000581. The van der Waals surface area contributed by atoms with Crippen LogP contribution in [0, 0.1) is 33.8 Å². The Hall–Kier alpha value is -5.50. The molecule has 0 saturated heterocycles. The fraction of sp³-hybridized carbons (Fsp3) is 0.452. The van der Waals surface area contributed by atoms with Crippen LogP contribution in [0.2, 0.25) is 0 Å². The van der Waals surface area contributed by atoms with E-state index in [1.165, 1.54) is 24.3 Å². The fourth-order valence-electron chi connectivity index (χ4n) is 4.58. The first-order valence-electron chi connectivity index (χ1n) is 18.9. The zero-order valence-electron chi connectivity index (χ0n) is 34.4. The van der Waals surface area contributed by atoms with Gasteiger partial charge in [-0.2, -0.15) is 0 Å². The van der Waals surface area contributed by atoms with E-state index in [1.807, 2.05) is 53.7 Å². The van der Waals surface area contributed by atoms with E-state index in [-0.39, 0.29) is 84.5 Å². The van der Waals surface area contributed by atoms with Gasteiger partial charge in [-0.05, 0) is 60.1 Å². The number of aliphatic hydroxyl groups excluding tert-OH is 1. The van der Waals surface area contributed by atoms with Gasteiger partial charge in [0.2, 0.25) is 11.8 Å². The molecular formula is C42H56FN3O10. The van der Waals surface area contributed by atoms with E-state index < -0.39 is 30.3 Å². The van der Waals surface area contributed by atoms with Gasteiger partial charge in [-0.1, -0.05) is 90.1 Å². The zero-order valence-corrected chi connectivity index (χ0v) is 33.4. The van der Waals surface area contributed by atoms with Crippen LogP contribution >= 0.6 is 0 Å². The Kier molecular flexibility index (Phi) is 20.7. The minimum absolute atomic E-state index is 0.00617. The molecule has 3 aromatic carbocycles. The number of ether oxygens (including phenoxy) is 2. The topological polar surface area (TPSA) is 191 Å². The molecule has 0 radical (unpaired) electrons. The number of ketones is 2. The second kappa shape index (κ2) is 24.8. The molecule has 0 aliphatic carbocycles. The number of carbonyl (C=O) groups excluding carboxylic acids is 5. The molecule has 2 amide bonds. The minimum Gasteiger partial charge on any atom is -0.429 e. The Morgan fingerprint density at radius 2 is 1.07 bits per heavy atom. The molecule has 13 nitrogen and oxygen atoms in total. The molecule has 0 aliphatic heterocycles. The summed E-state index contributed by atoms with van der Waals surface area (Å²) in [7, 11) is -1.00. The van der Waals surface area contributed by atoms with E-state index >= 15 is 0 Å². The SMILES string of the molecule is CC(C)[C@H](C)C(=O)N[C@@H](C)C(=O)Cc1ccc(CO)cc1.CC(C)[C@H](C)C(=O)N[C@@H](C)C(=O)Cc1ccc(COC(=O)Oc2ccc([N+](=O)[O-])cc2)cc1.[2H]CF. The molecule has 0 heterocycles. The van der Waals surface area contributed by atoms with Gasteiger partial charge in [-0.15, -0.1) is 0 Å². The second-order valence-electron chi connectivity index (χ2n) is 14.0. The Labute approximate surface area is 329 Å². The normalized spacial score (nSPS) is 12.9. The molecule has 0 fully saturated rings. The lowest BCUT2D eigenvalue weighted by Gasteiger charge is -2.19. The number of non-ortho nitro benzene ring substituents is 1. The molecule has 0 aliphatic rings. The molecule has 56 heavy (non-hydrogen) atoms. The van der Waals surface area contributed by atoms with Gasteiger partial charge in [0.1, 0.15) is 12.4 Å². The van der Waals surface area contributed by atoms with Crippen LogP contribution in [0.15, 0.2) is 72.8 Å². The first-order valence-corrected chi connectivity index (χ1v) is 18.2. The van der Waals surface area contributed by atoms with E-state index in [0.717, 1.165) is 16.7 Å². The molecule has 3 rings (SSSR count). The summed E-state index contributed by atoms with van der Waals surface area (Å²) < 4.78 is 25.5. The molecule has 4 atom stereocenters. The van der Waals surface area contributed by atoms with Gasteiger partial charge in [0.25, 0.3) is 5.69 Å². The summed E-state index contributed by atoms with van der Waals surface area (Å²) in [6.45, 7) is 14.9. The van der Waals surface area contributed by atoms with Crippen LogP contribution in [0.1, 0.15) is 79.0 Å². The number of nitrogens with zero attached hydrogens (tertiary/aromatic N) is 1. The number of amides is 2. The minimum atomic E-state index is -1.00. The van der Waals surface area contributed by atoms with Crippen molar-refractivity contribution < 1.29 is 49.2 Å². The standard InChI is InChI=1S/C24H28N2O7.C17H25NO3.CH3F/c1-15(2)16(3)23(28)25-17(4)22(27)13-18-5-7-19(8-6-18)14-32-24(29)33-21-11-9-20(10-12-21)26(30)31;1-11(2)12(3)17(21)18-13(4)16(20)9-14-5-7-15(10-19)8-6-14;1-2/h5-12,15-17H,13-14H2,1-4H3,(H,25,28);5-8,11-13,19H,9-10H2,1-4H3,(H,18,21);1H3/t16-,17-;12-,13-;/m00./s1/i;;1D. The van der Waals surface area contributed by atoms with Gasteiger partial charge in [0.05, 0.1) is 32.1 Å². The number of nitrogens with one attached hydrogen (secondary N) is 2. The van der Waals surface area contributed by atoms with E-state index in [4.69, 9.17) is 16.0 Å². The van der Waals surface area contributed by atoms with Crippen LogP contribution in [0.3, 0.4) is 0 Å². The van der Waals surface area contributed by atoms with Gasteiger partial charge in [0.15, 0.2) is 11.6 Å². The summed E-state index contributed by atoms with van der Waals surface area (Å²) in [6, 6.07) is 18.2. The number of nitro groups is 1. The summed E-state index contributed by atoms with van der Waals surface area (Å²) >= 11 is 0. The second-order valence-corrected chi connectivity index (χ2v) is 14.0. The van der Waals surface area contributed by atoms with Crippen LogP contribution < -0.4 is 15.4 Å². The summed E-state index contributed by atoms with van der Waals surface area (Å²) in [6.07, 6.45) is -0.493.